The summed E-state index contributed by atoms with van der Waals surface area (Å²) in [5.41, 5.74) is 1.22. The van der Waals surface area contributed by atoms with E-state index in [0.29, 0.717) is 5.92 Å². The summed E-state index contributed by atoms with van der Waals surface area (Å²) in [5.74, 6) is 0.652. The van der Waals surface area contributed by atoms with Gasteiger partial charge >= 0.3 is 0 Å². The van der Waals surface area contributed by atoms with Gasteiger partial charge in [-0.15, -0.1) is 0 Å². The van der Waals surface area contributed by atoms with Crippen LogP contribution in [0, 0.1) is 12.3 Å². The molecule has 0 aliphatic heterocycles. The molecule has 0 saturated heterocycles. The highest BCUT2D eigenvalue weighted by atomic mass is 14.6. The summed E-state index contributed by atoms with van der Waals surface area (Å²) in [6.45, 7) is 4.41. The largest absolute Gasteiger partial charge is 0.264 e. The third-order valence-corrected chi connectivity index (χ3v) is 1.81. The second-order valence-corrected chi connectivity index (χ2v) is 2.84. The minimum atomic E-state index is 0.652. The third-order valence-electron chi connectivity index (χ3n) is 1.81. The molecule has 0 fully saturated rings. The van der Waals surface area contributed by atoms with Gasteiger partial charge in [0.1, 0.15) is 0 Å². The van der Waals surface area contributed by atoms with Crippen LogP contribution in [0.4, 0.5) is 0 Å². The van der Waals surface area contributed by atoms with Crippen LogP contribution in [0.5, 0.6) is 0 Å². The van der Waals surface area contributed by atoms with Crippen LogP contribution in [0.3, 0.4) is 0 Å². The second-order valence-electron chi connectivity index (χ2n) is 2.84. The van der Waals surface area contributed by atoms with E-state index >= 15 is 0 Å². The molecule has 59 valence electrons. The molecule has 0 spiro atoms. The molecule has 1 heterocycles. The Balaban J connectivity index is 2.51. The average molecular weight is 148 g/mol. The van der Waals surface area contributed by atoms with E-state index in [2.05, 4.69) is 31.3 Å². The van der Waals surface area contributed by atoms with Gasteiger partial charge in [-0.25, -0.2) is 0 Å². The van der Waals surface area contributed by atoms with E-state index in [1.165, 1.54) is 12.0 Å². The summed E-state index contributed by atoms with van der Waals surface area (Å²) in [6, 6.07) is 4.05. The minimum absolute atomic E-state index is 0.652. The van der Waals surface area contributed by atoms with Crippen LogP contribution in [0.1, 0.15) is 25.8 Å². The van der Waals surface area contributed by atoms with Crippen LogP contribution >= 0.6 is 0 Å². The van der Waals surface area contributed by atoms with E-state index in [9.17, 15) is 0 Å². The minimum Gasteiger partial charge on any atom is -0.264 e. The van der Waals surface area contributed by atoms with Gasteiger partial charge in [0.15, 0.2) is 0 Å². The first-order valence-electron chi connectivity index (χ1n) is 4.08. The van der Waals surface area contributed by atoms with E-state index in [4.69, 9.17) is 0 Å². The summed E-state index contributed by atoms with van der Waals surface area (Å²) in [6.07, 6.45) is 7.13. The highest BCUT2D eigenvalue weighted by molar-refractivity contribution is 5.18. The highest BCUT2D eigenvalue weighted by Gasteiger charge is 1.99. The van der Waals surface area contributed by atoms with Gasteiger partial charge in [-0.3, -0.25) is 4.98 Å². The Labute approximate surface area is 68.5 Å². The Morgan fingerprint density at radius 1 is 1.64 bits per heavy atom. The molecule has 1 nitrogen and oxygen atoms in total. The molecule has 1 aromatic heterocycles. The topological polar surface area (TPSA) is 12.9 Å². The fourth-order valence-corrected chi connectivity index (χ4v) is 0.921. The Hall–Kier alpha value is -0.850. The molecule has 1 radical (unpaired) electrons. The molecule has 1 rings (SSSR count). The van der Waals surface area contributed by atoms with E-state index in [1.807, 2.05) is 12.3 Å². The van der Waals surface area contributed by atoms with Crippen LogP contribution in [0.2, 0.25) is 0 Å². The first-order chi connectivity index (χ1) is 5.33. The first-order valence-corrected chi connectivity index (χ1v) is 4.08. The van der Waals surface area contributed by atoms with Crippen molar-refractivity contribution in [3.8, 4) is 0 Å². The standard InChI is InChI=1S/C10H14N/c1-3-9(2)7-10-5-4-6-11-8-10/h4-9H,3H2,1-2H3. The molecule has 0 saturated carbocycles. The summed E-state index contributed by atoms with van der Waals surface area (Å²) < 4.78 is 0. The lowest BCUT2D eigenvalue weighted by atomic mass is 10.0. The van der Waals surface area contributed by atoms with Crippen LogP contribution in [0.15, 0.2) is 24.5 Å². The van der Waals surface area contributed by atoms with Gasteiger partial charge < -0.3 is 0 Å². The number of aromatic nitrogens is 1. The van der Waals surface area contributed by atoms with Crippen molar-refractivity contribution in [2.75, 3.05) is 0 Å². The molecule has 0 aliphatic carbocycles. The highest BCUT2D eigenvalue weighted by Crippen LogP contribution is 2.11. The number of hydrogen-bond acceptors (Lipinski definition) is 1. The molecule has 0 N–H and O–H groups in total. The molecule has 1 atom stereocenters. The van der Waals surface area contributed by atoms with Gasteiger partial charge in [-0.05, 0) is 24.0 Å². The predicted molar refractivity (Wildman–Crippen MR) is 47.1 cm³/mol. The van der Waals surface area contributed by atoms with Crippen molar-refractivity contribution in [2.24, 2.45) is 5.92 Å². The van der Waals surface area contributed by atoms with Gasteiger partial charge in [-0.2, -0.15) is 0 Å². The fourth-order valence-electron chi connectivity index (χ4n) is 0.921. The van der Waals surface area contributed by atoms with Gasteiger partial charge in [-0.1, -0.05) is 26.3 Å². The summed E-state index contributed by atoms with van der Waals surface area (Å²) in [4.78, 5) is 4.04. The Morgan fingerprint density at radius 2 is 2.45 bits per heavy atom. The van der Waals surface area contributed by atoms with E-state index < -0.39 is 0 Å². The van der Waals surface area contributed by atoms with E-state index in [0.717, 1.165) is 0 Å². The molecule has 0 aromatic carbocycles. The maximum atomic E-state index is 4.04. The van der Waals surface area contributed by atoms with Gasteiger partial charge in [0.2, 0.25) is 0 Å². The molecule has 0 amide bonds. The first kappa shape index (κ1) is 8.25. The molecule has 1 heteroatoms. The van der Waals surface area contributed by atoms with Crippen molar-refractivity contribution in [3.05, 3.63) is 36.5 Å². The van der Waals surface area contributed by atoms with Crippen LogP contribution < -0.4 is 0 Å². The molecular weight excluding hydrogens is 134 g/mol. The lowest BCUT2D eigenvalue weighted by Crippen LogP contribution is -1.94. The van der Waals surface area contributed by atoms with Crippen LogP contribution in [-0.4, -0.2) is 4.98 Å². The van der Waals surface area contributed by atoms with Gasteiger partial charge in [0, 0.05) is 12.4 Å². The van der Waals surface area contributed by atoms with E-state index in [1.54, 1.807) is 6.20 Å². The van der Waals surface area contributed by atoms with Crippen molar-refractivity contribution >= 4 is 0 Å². The Bertz CT molecular complexity index is 193. The Morgan fingerprint density at radius 3 is 3.00 bits per heavy atom. The lowest BCUT2D eigenvalue weighted by molar-refractivity contribution is 0.658. The maximum Gasteiger partial charge on any atom is 0.0303 e. The lowest BCUT2D eigenvalue weighted by Gasteiger charge is -2.05. The predicted octanol–water partition coefficient (Wildman–Crippen LogP) is 2.68. The van der Waals surface area contributed by atoms with Crippen LogP contribution in [-0.2, 0) is 0 Å². The van der Waals surface area contributed by atoms with Crippen molar-refractivity contribution in [2.45, 2.75) is 20.3 Å². The zero-order valence-electron chi connectivity index (χ0n) is 7.12. The average Bonchev–Trinajstić information content (AvgIpc) is 2.06. The SMILES string of the molecule is CCC(C)[CH]c1cccnc1. The smallest absolute Gasteiger partial charge is 0.0303 e. The third kappa shape index (κ3) is 2.71. The monoisotopic (exact) mass is 148 g/mol. The number of hydrogen-bond donors (Lipinski definition) is 0. The van der Waals surface area contributed by atoms with Gasteiger partial charge in [0.25, 0.3) is 0 Å². The maximum absolute atomic E-state index is 4.04. The number of pyridine rings is 1. The summed E-state index contributed by atoms with van der Waals surface area (Å²) >= 11 is 0. The summed E-state index contributed by atoms with van der Waals surface area (Å²) in [7, 11) is 0. The normalized spacial score (nSPS) is 12.9. The molecule has 1 unspecified atom stereocenters. The summed E-state index contributed by atoms with van der Waals surface area (Å²) in [5, 5.41) is 0. The van der Waals surface area contributed by atoms with Crippen molar-refractivity contribution < 1.29 is 0 Å². The zero-order valence-corrected chi connectivity index (χ0v) is 7.12. The fraction of sp³-hybridized carbons (Fsp3) is 0.400. The Kier molecular flexibility index (Phi) is 3.09. The van der Waals surface area contributed by atoms with E-state index in [-0.39, 0.29) is 0 Å². The number of nitrogens with zero attached hydrogens (tertiary/aromatic N) is 1. The number of rotatable bonds is 3. The van der Waals surface area contributed by atoms with Gasteiger partial charge in [0.05, 0.1) is 0 Å². The quantitative estimate of drug-likeness (QED) is 0.642. The molecule has 0 bridgehead atoms. The van der Waals surface area contributed by atoms with Crippen molar-refractivity contribution in [1.29, 1.82) is 0 Å². The molecule has 0 aliphatic rings. The second kappa shape index (κ2) is 4.12. The molecule has 1 aromatic rings. The molecule has 11 heavy (non-hydrogen) atoms. The van der Waals surface area contributed by atoms with Crippen molar-refractivity contribution in [1.82, 2.24) is 4.98 Å². The zero-order chi connectivity index (χ0) is 8.10. The molecular formula is C10H14N. The van der Waals surface area contributed by atoms with Crippen LogP contribution in [0.25, 0.3) is 0 Å². The van der Waals surface area contributed by atoms with Crippen molar-refractivity contribution in [3.63, 3.8) is 0 Å².